The van der Waals surface area contributed by atoms with Crippen molar-refractivity contribution < 1.29 is 41.0 Å². The van der Waals surface area contributed by atoms with Crippen molar-refractivity contribution in [3.8, 4) is 0 Å². The minimum atomic E-state index is -6.09. The summed E-state index contributed by atoms with van der Waals surface area (Å²) in [6.07, 6.45) is -13.1. The van der Waals surface area contributed by atoms with Crippen LogP contribution in [0.25, 0.3) is 0 Å². The maximum Gasteiger partial charge on any atom is 0.430 e. The van der Waals surface area contributed by atoms with Gasteiger partial charge >= 0.3 is 12.4 Å². The molecule has 1 heterocycles. The van der Waals surface area contributed by atoms with Gasteiger partial charge in [0.2, 0.25) is 0 Å². The Morgan fingerprint density at radius 2 is 1.68 bits per heavy atom. The first-order valence-corrected chi connectivity index (χ1v) is 6.95. The average Bonchev–Trinajstić information content (AvgIpc) is 2.86. The molecule has 0 saturated carbocycles. The minimum Gasteiger partial charge on any atom is -0.372 e. The number of nitrogens with one attached hydrogen (secondary N) is 1. The van der Waals surface area contributed by atoms with Crippen molar-refractivity contribution in [3.63, 3.8) is 0 Å². The van der Waals surface area contributed by atoms with Gasteiger partial charge in [-0.1, -0.05) is 0 Å². The van der Waals surface area contributed by atoms with Gasteiger partial charge in [0.25, 0.3) is 11.5 Å². The van der Waals surface area contributed by atoms with E-state index in [9.17, 15) is 36.2 Å². The minimum absolute atomic E-state index is 0.230. The van der Waals surface area contributed by atoms with E-state index in [1.165, 1.54) is 20.8 Å². The number of aromatic nitrogens is 2. The lowest BCUT2D eigenvalue weighted by atomic mass is 9.94. The smallest absolute Gasteiger partial charge is 0.372 e. The summed E-state index contributed by atoms with van der Waals surface area (Å²) >= 11 is 0. The third-order valence-electron chi connectivity index (χ3n) is 3.46. The number of rotatable bonds is 5. The van der Waals surface area contributed by atoms with Crippen molar-refractivity contribution in [2.24, 2.45) is 0 Å². The third kappa shape index (κ3) is 3.73. The lowest BCUT2D eigenvalue weighted by Gasteiger charge is -2.32. The normalized spacial score (nSPS) is 14.7. The Kier molecular flexibility index (Phi) is 5.79. The molecule has 0 spiro atoms. The lowest BCUT2D eigenvalue weighted by molar-refractivity contribution is -0.376. The molecule has 12 heteroatoms. The number of amides is 1. The van der Waals surface area contributed by atoms with Crippen LogP contribution in [0.2, 0.25) is 0 Å². The van der Waals surface area contributed by atoms with E-state index in [-0.39, 0.29) is 6.20 Å². The van der Waals surface area contributed by atoms with Gasteiger partial charge in [0.1, 0.15) is 11.9 Å². The first-order valence-electron chi connectivity index (χ1n) is 6.95. The number of alkyl halides is 6. The van der Waals surface area contributed by atoms with Gasteiger partial charge in [-0.25, -0.2) is 4.68 Å². The van der Waals surface area contributed by atoms with Gasteiger partial charge in [-0.15, -0.1) is 0 Å². The number of aliphatic hydroxyl groups is 1. The largest absolute Gasteiger partial charge is 0.430 e. The van der Waals surface area contributed by atoms with Crippen LogP contribution in [-0.4, -0.2) is 46.4 Å². The summed E-state index contributed by atoms with van der Waals surface area (Å²) in [5.41, 5.74) is -6.83. The highest BCUT2D eigenvalue weighted by molar-refractivity contribution is 5.94. The highest BCUT2D eigenvalue weighted by atomic mass is 19.4. The third-order valence-corrected chi connectivity index (χ3v) is 3.46. The average molecular weight is 377 g/mol. The second-order valence-corrected chi connectivity index (χ2v) is 5.52. The van der Waals surface area contributed by atoms with Crippen molar-refractivity contribution in [3.05, 3.63) is 11.8 Å². The monoisotopic (exact) mass is 377 g/mol. The molecule has 144 valence electrons. The van der Waals surface area contributed by atoms with Crippen molar-refractivity contribution >= 4 is 11.7 Å². The van der Waals surface area contributed by atoms with E-state index >= 15 is 0 Å². The molecule has 0 bridgehead atoms. The van der Waals surface area contributed by atoms with E-state index in [1.54, 1.807) is 0 Å². The van der Waals surface area contributed by atoms with E-state index in [0.717, 1.165) is 11.8 Å². The Balaban J connectivity index is 3.62. The number of methoxy groups -OCH3 is 1. The maximum absolute atomic E-state index is 13.1. The fourth-order valence-corrected chi connectivity index (χ4v) is 1.93. The molecule has 2 N–H and O–H groups in total. The molecule has 6 nitrogen and oxygen atoms in total. The van der Waals surface area contributed by atoms with Crippen LogP contribution in [0.3, 0.4) is 0 Å². The molecule has 1 aromatic heterocycles. The fraction of sp³-hybridized carbons (Fsp3) is 0.692. The molecule has 0 saturated heterocycles. The summed E-state index contributed by atoms with van der Waals surface area (Å²) in [7, 11) is 1.13. The standard InChI is InChI=1S/C13H17F6N3O3/c1-6(2)22-9(21-10(23)7(3)25-4)8(5-20-22)11(24,12(14,15)16)13(17,18)19/h5-7,24H,1-4H3,(H,21,23)/t7-/m0/s1. The van der Waals surface area contributed by atoms with Gasteiger partial charge in [0.05, 0.1) is 11.8 Å². The summed E-state index contributed by atoms with van der Waals surface area (Å²) in [4.78, 5) is 11.9. The number of hydrogen-bond acceptors (Lipinski definition) is 4. The number of carbonyl (C=O) groups is 1. The van der Waals surface area contributed by atoms with Crippen LogP contribution in [0.15, 0.2) is 6.20 Å². The lowest BCUT2D eigenvalue weighted by Crippen LogP contribution is -2.54. The molecule has 25 heavy (non-hydrogen) atoms. The highest BCUT2D eigenvalue weighted by Crippen LogP contribution is 2.52. The van der Waals surface area contributed by atoms with E-state index in [1.807, 2.05) is 5.32 Å². The molecule has 1 aromatic rings. The first-order chi connectivity index (χ1) is 11.2. The van der Waals surface area contributed by atoms with E-state index < -0.39 is 47.4 Å². The highest BCUT2D eigenvalue weighted by Gasteiger charge is 2.72. The van der Waals surface area contributed by atoms with Crippen molar-refractivity contribution in [1.29, 1.82) is 0 Å². The molecule has 0 aliphatic heterocycles. The molecule has 0 unspecified atom stereocenters. The Hall–Kier alpha value is -1.82. The number of hydrogen-bond donors (Lipinski definition) is 2. The number of nitrogens with zero attached hydrogens (tertiary/aromatic N) is 2. The summed E-state index contributed by atoms with van der Waals surface area (Å²) in [6, 6.07) is -0.701. The Bertz CT molecular complexity index is 610. The molecule has 0 aliphatic carbocycles. The van der Waals surface area contributed by atoms with Crippen LogP contribution in [0.5, 0.6) is 0 Å². The van der Waals surface area contributed by atoms with Gasteiger partial charge in [-0.3, -0.25) is 4.79 Å². The topological polar surface area (TPSA) is 76.4 Å². The predicted octanol–water partition coefficient (Wildman–Crippen LogP) is 2.75. The van der Waals surface area contributed by atoms with Gasteiger partial charge in [-0.2, -0.15) is 31.4 Å². The summed E-state index contributed by atoms with van der Waals surface area (Å²) in [6.45, 7) is 4.09. The molecule has 1 amide bonds. The SMILES string of the molecule is CO[C@@H](C)C(=O)Nc1c(C(O)(C(F)(F)F)C(F)(F)F)cnn1C(C)C. The molecule has 0 aromatic carbocycles. The van der Waals surface area contributed by atoms with Crippen LogP contribution in [0.1, 0.15) is 32.4 Å². The Labute approximate surface area is 138 Å². The van der Waals surface area contributed by atoms with Gasteiger partial charge in [0, 0.05) is 13.2 Å². The zero-order valence-corrected chi connectivity index (χ0v) is 13.7. The molecule has 1 atom stereocenters. The number of anilines is 1. The van der Waals surface area contributed by atoms with E-state index in [4.69, 9.17) is 0 Å². The van der Waals surface area contributed by atoms with Crippen LogP contribution < -0.4 is 5.32 Å². The molecule has 1 rings (SSSR count). The molecular weight excluding hydrogens is 360 g/mol. The summed E-state index contributed by atoms with van der Waals surface area (Å²) < 4.78 is 84.0. The number of halogens is 6. The molecule has 0 fully saturated rings. The first kappa shape index (κ1) is 21.2. The van der Waals surface area contributed by atoms with Crippen LogP contribution in [-0.2, 0) is 15.1 Å². The molecular formula is C13H17F6N3O3. The predicted molar refractivity (Wildman–Crippen MR) is 73.7 cm³/mol. The van der Waals surface area contributed by atoms with Crippen LogP contribution in [0.4, 0.5) is 32.2 Å². The second-order valence-electron chi connectivity index (χ2n) is 5.52. The summed E-state index contributed by atoms with van der Waals surface area (Å²) in [5, 5.41) is 14.9. The zero-order chi connectivity index (χ0) is 19.8. The fourth-order valence-electron chi connectivity index (χ4n) is 1.93. The molecule has 0 aliphatic rings. The number of ether oxygens (including phenoxy) is 1. The Morgan fingerprint density at radius 3 is 2.04 bits per heavy atom. The van der Waals surface area contributed by atoms with Crippen molar-refractivity contribution in [1.82, 2.24) is 9.78 Å². The van der Waals surface area contributed by atoms with Gasteiger partial charge in [0.15, 0.2) is 0 Å². The van der Waals surface area contributed by atoms with Crippen molar-refractivity contribution in [2.75, 3.05) is 12.4 Å². The number of carbonyl (C=O) groups excluding carboxylic acids is 1. The van der Waals surface area contributed by atoms with E-state index in [0.29, 0.717) is 0 Å². The van der Waals surface area contributed by atoms with Crippen molar-refractivity contribution in [2.45, 2.75) is 50.9 Å². The van der Waals surface area contributed by atoms with Crippen LogP contribution in [0, 0.1) is 0 Å². The van der Waals surface area contributed by atoms with Crippen LogP contribution >= 0.6 is 0 Å². The second kappa shape index (κ2) is 6.83. The van der Waals surface area contributed by atoms with E-state index in [2.05, 4.69) is 9.84 Å². The maximum atomic E-state index is 13.1. The zero-order valence-electron chi connectivity index (χ0n) is 13.7. The Morgan fingerprint density at radius 1 is 1.20 bits per heavy atom. The summed E-state index contributed by atoms with van der Waals surface area (Å²) in [5.74, 6) is -1.92. The molecule has 0 radical (unpaired) electrons. The van der Waals surface area contributed by atoms with Gasteiger partial charge in [-0.05, 0) is 20.8 Å². The quantitative estimate of drug-likeness (QED) is 0.774. The van der Waals surface area contributed by atoms with Gasteiger partial charge < -0.3 is 15.2 Å².